The lowest BCUT2D eigenvalue weighted by Crippen LogP contribution is -2.48. The van der Waals surface area contributed by atoms with Gasteiger partial charge in [-0.15, -0.1) is 0 Å². The maximum Gasteiger partial charge on any atom is 0.416 e. The van der Waals surface area contributed by atoms with E-state index in [1.807, 2.05) is 0 Å². The normalized spacial score (nSPS) is 33.6. The predicted molar refractivity (Wildman–Crippen MR) is 106 cm³/mol. The summed E-state index contributed by atoms with van der Waals surface area (Å²) in [6.45, 7) is 2.57. The molecule has 164 valence electrons. The molecule has 30 heavy (non-hydrogen) atoms. The van der Waals surface area contributed by atoms with Crippen molar-refractivity contribution in [2.45, 2.75) is 63.3 Å². The third-order valence-electron chi connectivity index (χ3n) is 7.66. The molecule has 1 amide bonds. The van der Waals surface area contributed by atoms with Gasteiger partial charge in [-0.2, -0.15) is 13.2 Å². The number of nitrogens with zero attached hydrogens (tertiary/aromatic N) is 1. The Bertz CT molecular complexity index is 796. The number of hydrogen-bond acceptors (Lipinski definition) is 3. The highest BCUT2D eigenvalue weighted by molar-refractivity contribution is 5.79. The average molecular weight is 422 g/mol. The van der Waals surface area contributed by atoms with Crippen LogP contribution >= 0.6 is 0 Å². The predicted octanol–water partition coefficient (Wildman–Crippen LogP) is 3.77. The zero-order chi connectivity index (χ0) is 20.9. The van der Waals surface area contributed by atoms with Crippen molar-refractivity contribution < 1.29 is 22.7 Å². The molecule has 2 heterocycles. The molecule has 1 aromatic carbocycles. The molecule has 4 nitrogen and oxygen atoms in total. The van der Waals surface area contributed by atoms with Gasteiger partial charge in [0.25, 0.3) is 0 Å². The number of hydrogen-bond donors (Lipinski definition) is 1. The molecule has 0 aromatic heterocycles. The monoisotopic (exact) mass is 422 g/mol. The molecular formula is C23H29F3N2O2. The van der Waals surface area contributed by atoms with Crippen LogP contribution in [0, 0.1) is 17.8 Å². The topological polar surface area (TPSA) is 41.6 Å². The van der Waals surface area contributed by atoms with E-state index in [0.29, 0.717) is 42.4 Å². The second kappa shape index (κ2) is 7.83. The van der Waals surface area contributed by atoms with Crippen molar-refractivity contribution in [2.24, 2.45) is 17.8 Å². The van der Waals surface area contributed by atoms with Crippen molar-refractivity contribution in [2.75, 3.05) is 19.8 Å². The fraction of sp³-hybridized carbons (Fsp3) is 0.696. The molecule has 1 saturated heterocycles. The van der Waals surface area contributed by atoms with Gasteiger partial charge in [0, 0.05) is 31.1 Å². The van der Waals surface area contributed by atoms with E-state index in [2.05, 4.69) is 5.32 Å². The number of halogens is 3. The molecule has 4 aliphatic rings. The second-order valence-corrected chi connectivity index (χ2v) is 9.53. The first-order valence-corrected chi connectivity index (χ1v) is 11.2. The van der Waals surface area contributed by atoms with Gasteiger partial charge in [-0.1, -0.05) is 6.07 Å². The van der Waals surface area contributed by atoms with Crippen LogP contribution < -0.4 is 5.32 Å². The number of fused-ring (bicyclic) bond motifs is 3. The van der Waals surface area contributed by atoms with Gasteiger partial charge in [0.05, 0.1) is 18.8 Å². The molecule has 1 N–H and O–H groups in total. The Kier molecular flexibility index (Phi) is 5.30. The van der Waals surface area contributed by atoms with Gasteiger partial charge in [-0.05, 0) is 73.6 Å². The van der Waals surface area contributed by atoms with Gasteiger partial charge in [0.1, 0.15) is 0 Å². The van der Waals surface area contributed by atoms with E-state index in [-0.39, 0.29) is 18.4 Å². The molecule has 0 spiro atoms. The lowest BCUT2D eigenvalue weighted by Gasteiger charge is -2.34. The molecule has 0 radical (unpaired) electrons. The van der Waals surface area contributed by atoms with Crippen molar-refractivity contribution >= 4 is 5.91 Å². The lowest BCUT2D eigenvalue weighted by molar-refractivity contribution is -0.137. The molecule has 3 fully saturated rings. The van der Waals surface area contributed by atoms with Crippen LogP contribution in [0.5, 0.6) is 0 Å². The minimum Gasteiger partial charge on any atom is -0.381 e. The van der Waals surface area contributed by atoms with Gasteiger partial charge in [0.2, 0.25) is 5.91 Å². The quantitative estimate of drug-likeness (QED) is 0.806. The van der Waals surface area contributed by atoms with Gasteiger partial charge < -0.3 is 15.0 Å². The summed E-state index contributed by atoms with van der Waals surface area (Å²) in [4.78, 5) is 14.9. The van der Waals surface area contributed by atoms with Gasteiger partial charge in [-0.25, -0.2) is 0 Å². The van der Waals surface area contributed by atoms with Crippen LogP contribution in [0.3, 0.4) is 0 Å². The molecule has 4 atom stereocenters. The number of ether oxygens (including phenoxy) is 1. The Morgan fingerprint density at radius 3 is 2.57 bits per heavy atom. The zero-order valence-corrected chi connectivity index (χ0v) is 17.1. The van der Waals surface area contributed by atoms with Crippen molar-refractivity contribution in [3.05, 3.63) is 34.9 Å². The van der Waals surface area contributed by atoms with Crippen LogP contribution in [0.25, 0.3) is 0 Å². The largest absolute Gasteiger partial charge is 0.416 e. The van der Waals surface area contributed by atoms with Gasteiger partial charge >= 0.3 is 6.18 Å². The summed E-state index contributed by atoms with van der Waals surface area (Å²) in [5.41, 5.74) is 0.927. The first kappa shape index (κ1) is 20.3. The van der Waals surface area contributed by atoms with Crippen molar-refractivity contribution in [3.63, 3.8) is 0 Å². The van der Waals surface area contributed by atoms with Crippen LogP contribution in [0.2, 0.25) is 0 Å². The van der Waals surface area contributed by atoms with E-state index in [1.54, 1.807) is 11.0 Å². The minimum absolute atomic E-state index is 0.0210. The maximum absolute atomic E-state index is 13.1. The molecule has 2 bridgehead atoms. The second-order valence-electron chi connectivity index (χ2n) is 9.53. The number of carbonyl (C=O) groups excluding carboxylic acids is 1. The Balaban J connectivity index is 1.20. The highest BCUT2D eigenvalue weighted by atomic mass is 19.4. The Morgan fingerprint density at radius 1 is 1.07 bits per heavy atom. The first-order chi connectivity index (χ1) is 14.4. The number of alkyl halides is 3. The molecule has 2 aliphatic heterocycles. The Labute approximate surface area is 175 Å². The van der Waals surface area contributed by atoms with Crippen molar-refractivity contribution in [1.29, 1.82) is 0 Å². The SMILES string of the molecule is O=C([C@H]1CC[C@@H](NC2C3CCC2COC3)C1)N1CCc2ccc(C(F)(F)F)cc2C1. The van der Waals surface area contributed by atoms with E-state index in [4.69, 9.17) is 4.74 Å². The summed E-state index contributed by atoms with van der Waals surface area (Å²) < 4.78 is 44.9. The zero-order valence-electron chi connectivity index (χ0n) is 17.1. The summed E-state index contributed by atoms with van der Waals surface area (Å²) in [7, 11) is 0. The van der Waals surface area contributed by atoms with E-state index in [0.717, 1.165) is 44.1 Å². The fourth-order valence-corrected chi connectivity index (χ4v) is 6.00. The summed E-state index contributed by atoms with van der Waals surface area (Å²) in [6.07, 6.45) is 1.42. The highest BCUT2D eigenvalue weighted by Gasteiger charge is 2.42. The average Bonchev–Trinajstić information content (AvgIpc) is 3.26. The van der Waals surface area contributed by atoms with Crippen LogP contribution in [0.4, 0.5) is 13.2 Å². The van der Waals surface area contributed by atoms with Crippen LogP contribution in [0.1, 0.15) is 48.8 Å². The lowest BCUT2D eigenvalue weighted by atomic mass is 9.94. The number of benzene rings is 1. The number of amides is 1. The number of nitrogens with one attached hydrogen (secondary N) is 1. The van der Waals surface area contributed by atoms with Gasteiger partial charge in [0.15, 0.2) is 0 Å². The molecule has 7 heteroatoms. The van der Waals surface area contributed by atoms with Gasteiger partial charge in [-0.3, -0.25) is 4.79 Å². The molecule has 2 saturated carbocycles. The summed E-state index contributed by atoms with van der Waals surface area (Å²) in [6, 6.07) is 4.80. The molecule has 2 unspecified atom stereocenters. The Morgan fingerprint density at radius 2 is 1.83 bits per heavy atom. The summed E-state index contributed by atoms with van der Waals surface area (Å²) in [5, 5.41) is 3.83. The van der Waals surface area contributed by atoms with Crippen molar-refractivity contribution in [3.8, 4) is 0 Å². The third kappa shape index (κ3) is 3.86. The van der Waals surface area contributed by atoms with E-state index >= 15 is 0 Å². The van der Waals surface area contributed by atoms with E-state index in [1.165, 1.54) is 18.9 Å². The standard InChI is InChI=1S/C23H29F3N2O2/c24-23(25,26)19-5-3-14-7-8-28(11-18(14)9-19)22(29)15-4-6-20(10-15)27-21-16-1-2-17(21)13-30-12-16/h3,5,9,15-17,20-21,27H,1-2,4,6-8,10-13H2/t15-,16?,17?,20+,21?/m0/s1. The van der Waals surface area contributed by atoms with E-state index in [9.17, 15) is 18.0 Å². The molecule has 1 aromatic rings. The molecule has 2 aliphatic carbocycles. The summed E-state index contributed by atoms with van der Waals surface area (Å²) in [5.74, 6) is 1.28. The summed E-state index contributed by atoms with van der Waals surface area (Å²) >= 11 is 0. The smallest absolute Gasteiger partial charge is 0.381 e. The van der Waals surface area contributed by atoms with Crippen molar-refractivity contribution in [1.82, 2.24) is 10.2 Å². The fourth-order valence-electron chi connectivity index (χ4n) is 6.00. The minimum atomic E-state index is -4.35. The number of carbonyl (C=O) groups is 1. The first-order valence-electron chi connectivity index (χ1n) is 11.2. The van der Waals surface area contributed by atoms with Crippen LogP contribution in [-0.2, 0) is 28.7 Å². The van der Waals surface area contributed by atoms with Crippen LogP contribution in [-0.4, -0.2) is 42.6 Å². The Hall–Kier alpha value is -1.60. The number of rotatable bonds is 3. The molecular weight excluding hydrogens is 393 g/mol. The van der Waals surface area contributed by atoms with E-state index < -0.39 is 11.7 Å². The maximum atomic E-state index is 13.1. The molecule has 5 rings (SSSR count). The highest BCUT2D eigenvalue weighted by Crippen LogP contribution is 2.38. The van der Waals surface area contributed by atoms with Crippen LogP contribution in [0.15, 0.2) is 18.2 Å². The third-order valence-corrected chi connectivity index (χ3v) is 7.66.